The van der Waals surface area contributed by atoms with Gasteiger partial charge in [0.1, 0.15) is 0 Å². The molecule has 1 amide bonds. The summed E-state index contributed by atoms with van der Waals surface area (Å²) < 4.78 is 7.48. The first kappa shape index (κ1) is 24.3. The van der Waals surface area contributed by atoms with Gasteiger partial charge < -0.3 is 4.74 Å². The molecule has 0 aliphatic carbocycles. The Bertz CT molecular complexity index is 1240. The summed E-state index contributed by atoms with van der Waals surface area (Å²) >= 11 is 9.26. The number of halogens is 2. The van der Waals surface area contributed by atoms with Gasteiger partial charge in [0.05, 0.1) is 33.6 Å². The molecular formula is C23H24Cl2N4O2S2. The summed E-state index contributed by atoms with van der Waals surface area (Å²) in [7, 11) is 0. The zero-order valence-corrected chi connectivity index (χ0v) is 21.3. The Hall–Kier alpha value is -1.81. The zero-order valence-electron chi connectivity index (χ0n) is 18.1. The largest absolute Gasteiger partial charge is 0.379 e. The topological polar surface area (TPSA) is 58.6 Å². The second-order valence-corrected chi connectivity index (χ2v) is 10.2. The lowest BCUT2D eigenvalue weighted by Crippen LogP contribution is -2.39. The van der Waals surface area contributed by atoms with Gasteiger partial charge in [-0.3, -0.25) is 14.6 Å². The van der Waals surface area contributed by atoms with E-state index in [0.29, 0.717) is 21.7 Å². The summed E-state index contributed by atoms with van der Waals surface area (Å²) in [5.41, 5.74) is 2.64. The molecule has 6 nitrogen and oxygen atoms in total. The van der Waals surface area contributed by atoms with E-state index in [9.17, 15) is 4.79 Å². The van der Waals surface area contributed by atoms with Gasteiger partial charge in [-0.25, -0.2) is 9.97 Å². The summed E-state index contributed by atoms with van der Waals surface area (Å²) in [6.07, 6.45) is 0.853. The predicted molar refractivity (Wildman–Crippen MR) is 140 cm³/mol. The molecule has 0 saturated carbocycles. The van der Waals surface area contributed by atoms with Gasteiger partial charge in [0.15, 0.2) is 10.1 Å². The number of aromatic nitrogens is 2. The van der Waals surface area contributed by atoms with Crippen LogP contribution in [0.1, 0.15) is 21.8 Å². The first-order chi connectivity index (χ1) is 15.6. The van der Waals surface area contributed by atoms with Crippen LogP contribution in [0, 0.1) is 6.92 Å². The SMILES string of the molecule is Cc1c(Cl)ccc2sc(N(CCCN3CCOCC3)C(=O)c3nc4ccccc4s3)nc12.Cl. The van der Waals surface area contributed by atoms with E-state index in [4.69, 9.17) is 21.3 Å². The molecule has 174 valence electrons. The summed E-state index contributed by atoms with van der Waals surface area (Å²) in [5.74, 6) is -0.101. The van der Waals surface area contributed by atoms with Crippen molar-refractivity contribution >= 4 is 78.2 Å². The van der Waals surface area contributed by atoms with Crippen LogP contribution >= 0.6 is 46.7 Å². The number of hydrogen-bond acceptors (Lipinski definition) is 7. The summed E-state index contributed by atoms with van der Waals surface area (Å²) in [6.45, 7) is 6.88. The lowest BCUT2D eigenvalue weighted by Gasteiger charge is -2.27. The maximum absolute atomic E-state index is 13.6. The number of nitrogens with zero attached hydrogens (tertiary/aromatic N) is 4. The number of ether oxygens (including phenoxy) is 1. The highest BCUT2D eigenvalue weighted by Gasteiger charge is 2.25. The molecule has 0 bridgehead atoms. The second-order valence-electron chi connectivity index (χ2n) is 7.77. The molecule has 1 fully saturated rings. The molecule has 0 spiro atoms. The van der Waals surface area contributed by atoms with Crippen molar-refractivity contribution in [2.45, 2.75) is 13.3 Å². The number of thiazole rings is 2. The van der Waals surface area contributed by atoms with Gasteiger partial charge in [0.25, 0.3) is 5.91 Å². The molecule has 0 atom stereocenters. The molecule has 2 aromatic carbocycles. The number of amides is 1. The van der Waals surface area contributed by atoms with Gasteiger partial charge in [0, 0.05) is 31.2 Å². The van der Waals surface area contributed by atoms with E-state index >= 15 is 0 Å². The molecule has 10 heteroatoms. The summed E-state index contributed by atoms with van der Waals surface area (Å²) in [6, 6.07) is 11.7. The van der Waals surface area contributed by atoms with Crippen molar-refractivity contribution in [2.75, 3.05) is 44.3 Å². The normalized spacial score (nSPS) is 14.5. The monoisotopic (exact) mass is 522 g/mol. The second kappa shape index (κ2) is 10.6. The third-order valence-corrected chi connectivity index (χ3v) is 8.13. The van der Waals surface area contributed by atoms with Crippen LogP contribution in [0.5, 0.6) is 0 Å². The Labute approximate surface area is 211 Å². The number of morpholine rings is 1. The summed E-state index contributed by atoms with van der Waals surface area (Å²) in [4.78, 5) is 27.2. The van der Waals surface area contributed by atoms with Gasteiger partial charge >= 0.3 is 0 Å². The Morgan fingerprint density at radius 1 is 1.12 bits per heavy atom. The van der Waals surface area contributed by atoms with Crippen LogP contribution in [0.15, 0.2) is 36.4 Å². The van der Waals surface area contributed by atoms with Gasteiger partial charge in [-0.05, 0) is 43.2 Å². The van der Waals surface area contributed by atoms with E-state index in [0.717, 1.165) is 65.3 Å². The molecule has 3 heterocycles. The molecule has 0 unspecified atom stereocenters. The third kappa shape index (κ3) is 5.16. The number of hydrogen-bond donors (Lipinski definition) is 0. The number of rotatable bonds is 6. The molecule has 1 aliphatic rings. The summed E-state index contributed by atoms with van der Waals surface area (Å²) in [5, 5.41) is 1.87. The van der Waals surface area contributed by atoms with Crippen molar-refractivity contribution in [3.63, 3.8) is 0 Å². The molecule has 1 saturated heterocycles. The molecule has 5 rings (SSSR count). The van der Waals surface area contributed by atoms with Crippen molar-refractivity contribution < 1.29 is 9.53 Å². The minimum atomic E-state index is -0.101. The maximum Gasteiger partial charge on any atom is 0.289 e. The highest BCUT2D eigenvalue weighted by molar-refractivity contribution is 7.23. The van der Waals surface area contributed by atoms with Gasteiger partial charge in [-0.15, -0.1) is 23.7 Å². The van der Waals surface area contributed by atoms with Crippen LogP contribution in [0.25, 0.3) is 20.4 Å². The standard InChI is InChI=1S/C23H23ClN4O2S2.ClH/c1-15-16(24)7-8-19-20(15)26-23(32-19)28(10-4-9-27-11-13-30-14-12-27)22(29)21-25-17-5-2-3-6-18(17)31-21;/h2-3,5-8H,4,9-14H2,1H3;1H. The van der Waals surface area contributed by atoms with E-state index < -0.39 is 0 Å². The average molecular weight is 524 g/mol. The van der Waals surface area contributed by atoms with E-state index in [1.165, 1.54) is 22.7 Å². The fourth-order valence-corrected chi connectivity index (χ4v) is 5.96. The van der Waals surface area contributed by atoms with Crippen LogP contribution in [-0.4, -0.2) is 60.2 Å². The van der Waals surface area contributed by atoms with Gasteiger partial charge in [0.2, 0.25) is 0 Å². The molecular weight excluding hydrogens is 499 g/mol. The highest BCUT2D eigenvalue weighted by atomic mass is 35.5. The first-order valence-electron chi connectivity index (χ1n) is 10.6. The van der Waals surface area contributed by atoms with E-state index in [1.807, 2.05) is 43.3 Å². The minimum Gasteiger partial charge on any atom is -0.379 e. The van der Waals surface area contributed by atoms with Crippen molar-refractivity contribution in [3.8, 4) is 0 Å². The number of aryl methyl sites for hydroxylation is 1. The minimum absolute atomic E-state index is 0. The Balaban J connectivity index is 0.00000259. The fraction of sp³-hybridized carbons (Fsp3) is 0.348. The van der Waals surface area contributed by atoms with Crippen molar-refractivity contribution in [3.05, 3.63) is 52.0 Å². The van der Waals surface area contributed by atoms with Crippen LogP contribution in [0.4, 0.5) is 5.13 Å². The highest BCUT2D eigenvalue weighted by Crippen LogP contribution is 2.35. The van der Waals surface area contributed by atoms with Gasteiger partial charge in [-0.2, -0.15) is 0 Å². The number of fused-ring (bicyclic) bond motifs is 2. The van der Waals surface area contributed by atoms with E-state index in [-0.39, 0.29) is 18.3 Å². The third-order valence-electron chi connectivity index (χ3n) is 5.65. The van der Waals surface area contributed by atoms with Crippen molar-refractivity contribution in [1.82, 2.24) is 14.9 Å². The Kier molecular flexibility index (Phi) is 7.83. The molecule has 4 aromatic rings. The Morgan fingerprint density at radius 3 is 2.70 bits per heavy atom. The van der Waals surface area contributed by atoms with Crippen LogP contribution in [0.3, 0.4) is 0 Å². The predicted octanol–water partition coefficient (Wildman–Crippen LogP) is 5.66. The van der Waals surface area contributed by atoms with Crippen molar-refractivity contribution in [1.29, 1.82) is 0 Å². The number of carbonyl (C=O) groups excluding carboxylic acids is 1. The quantitative estimate of drug-likeness (QED) is 0.327. The number of carbonyl (C=O) groups is 1. The molecule has 0 radical (unpaired) electrons. The fourth-order valence-electron chi connectivity index (χ4n) is 3.84. The van der Waals surface area contributed by atoms with Gasteiger partial charge in [-0.1, -0.05) is 35.1 Å². The lowest BCUT2D eigenvalue weighted by atomic mass is 10.2. The lowest BCUT2D eigenvalue weighted by molar-refractivity contribution is 0.0376. The van der Waals surface area contributed by atoms with Crippen molar-refractivity contribution in [2.24, 2.45) is 0 Å². The number of anilines is 1. The maximum atomic E-state index is 13.6. The number of benzene rings is 2. The number of para-hydroxylation sites is 1. The molecule has 1 aliphatic heterocycles. The smallest absolute Gasteiger partial charge is 0.289 e. The van der Waals surface area contributed by atoms with E-state index in [1.54, 1.807) is 4.90 Å². The Morgan fingerprint density at radius 2 is 1.91 bits per heavy atom. The first-order valence-corrected chi connectivity index (χ1v) is 12.6. The molecule has 2 aromatic heterocycles. The average Bonchev–Trinajstić information content (AvgIpc) is 3.44. The van der Waals surface area contributed by atoms with Crippen LogP contribution in [0.2, 0.25) is 5.02 Å². The zero-order chi connectivity index (χ0) is 22.1. The molecule has 33 heavy (non-hydrogen) atoms. The molecule has 0 N–H and O–H groups in total. The van der Waals surface area contributed by atoms with Crippen LogP contribution in [-0.2, 0) is 4.74 Å². The van der Waals surface area contributed by atoms with E-state index in [2.05, 4.69) is 9.88 Å². The van der Waals surface area contributed by atoms with Crippen LogP contribution < -0.4 is 4.90 Å².